The maximum absolute atomic E-state index is 13.6. The van der Waals surface area contributed by atoms with Gasteiger partial charge in [-0.15, -0.1) is 0 Å². The number of benzene rings is 1. The molecule has 0 amide bonds. The Morgan fingerprint density at radius 3 is 2.85 bits per heavy atom. The number of halogens is 1. The summed E-state index contributed by atoms with van der Waals surface area (Å²) in [7, 11) is -2.55. The molecule has 1 aliphatic heterocycles. The summed E-state index contributed by atoms with van der Waals surface area (Å²) in [6, 6.07) is 5.09. The van der Waals surface area contributed by atoms with Crippen molar-refractivity contribution in [2.24, 2.45) is 0 Å². The number of aryl methyl sites for hydroxylation is 1. The van der Waals surface area contributed by atoms with E-state index in [1.807, 2.05) is 0 Å². The molecule has 3 rings (SSSR count). The van der Waals surface area contributed by atoms with Gasteiger partial charge in [0, 0.05) is 18.8 Å². The van der Waals surface area contributed by atoms with Crippen molar-refractivity contribution in [3.8, 4) is 11.6 Å². The zero-order valence-corrected chi connectivity index (χ0v) is 15.4. The van der Waals surface area contributed by atoms with Crippen LogP contribution in [-0.4, -0.2) is 49.0 Å². The minimum atomic E-state index is -3.91. The fraction of sp³-hybridized carbons (Fsp3) is 0.412. The molecule has 1 saturated heterocycles. The Hall–Kier alpha value is -2.26. The van der Waals surface area contributed by atoms with Crippen LogP contribution in [0.5, 0.6) is 11.6 Å². The first kappa shape index (κ1) is 18.5. The molecule has 26 heavy (non-hydrogen) atoms. The van der Waals surface area contributed by atoms with Crippen LogP contribution < -0.4 is 9.47 Å². The van der Waals surface area contributed by atoms with Gasteiger partial charge >= 0.3 is 0 Å². The summed E-state index contributed by atoms with van der Waals surface area (Å²) in [5.74, 6) is 0.462. The highest BCUT2D eigenvalue weighted by Gasteiger charge is 2.33. The maximum atomic E-state index is 13.6. The first-order chi connectivity index (χ1) is 12.4. The molecule has 7 nitrogen and oxygen atoms in total. The zero-order chi connectivity index (χ0) is 18.7. The standard InChI is InChI=1S/C17H20FN3O4S/c1-12-19-8-7-17(20-12)25-14-4-3-9-21(11-14)26(22,23)16-10-13(18)5-6-15(16)24-2/h5-8,10,14H,3-4,9,11H2,1-2H3. The van der Waals surface area contributed by atoms with Crippen molar-refractivity contribution in [1.29, 1.82) is 0 Å². The third-order valence-electron chi connectivity index (χ3n) is 4.12. The van der Waals surface area contributed by atoms with Crippen molar-refractivity contribution in [1.82, 2.24) is 14.3 Å². The summed E-state index contributed by atoms with van der Waals surface area (Å²) in [6.07, 6.45) is 2.58. The van der Waals surface area contributed by atoms with E-state index in [0.717, 1.165) is 12.1 Å². The Balaban J connectivity index is 1.81. The minimum Gasteiger partial charge on any atom is -0.495 e. The highest BCUT2D eigenvalue weighted by Crippen LogP contribution is 2.29. The molecule has 1 aromatic heterocycles. The summed E-state index contributed by atoms with van der Waals surface area (Å²) in [4.78, 5) is 8.01. The highest BCUT2D eigenvalue weighted by atomic mass is 32.2. The van der Waals surface area contributed by atoms with Gasteiger partial charge in [0.15, 0.2) is 0 Å². The Kier molecular flexibility index (Phi) is 5.38. The van der Waals surface area contributed by atoms with Crippen molar-refractivity contribution >= 4 is 10.0 Å². The summed E-state index contributed by atoms with van der Waals surface area (Å²) in [5.41, 5.74) is 0. The van der Waals surface area contributed by atoms with Crippen LogP contribution in [0.15, 0.2) is 35.4 Å². The van der Waals surface area contributed by atoms with Crippen LogP contribution >= 0.6 is 0 Å². The molecule has 9 heteroatoms. The number of aromatic nitrogens is 2. The molecule has 0 bridgehead atoms. The van der Waals surface area contributed by atoms with E-state index in [9.17, 15) is 12.8 Å². The summed E-state index contributed by atoms with van der Waals surface area (Å²) in [6.45, 7) is 2.25. The molecule has 0 radical (unpaired) electrons. The van der Waals surface area contributed by atoms with E-state index in [1.165, 1.54) is 17.5 Å². The molecule has 2 heterocycles. The number of rotatable bonds is 5. The van der Waals surface area contributed by atoms with E-state index in [-0.39, 0.29) is 23.3 Å². The Bertz CT molecular complexity index is 891. The molecule has 0 aliphatic carbocycles. The minimum absolute atomic E-state index is 0.112. The first-order valence-corrected chi connectivity index (χ1v) is 9.64. The summed E-state index contributed by atoms with van der Waals surface area (Å²) >= 11 is 0. The quantitative estimate of drug-likeness (QED) is 0.790. The fourth-order valence-electron chi connectivity index (χ4n) is 2.88. The lowest BCUT2D eigenvalue weighted by Gasteiger charge is -2.32. The lowest BCUT2D eigenvalue weighted by atomic mass is 10.1. The van der Waals surface area contributed by atoms with E-state index >= 15 is 0 Å². The zero-order valence-electron chi connectivity index (χ0n) is 14.6. The molecule has 0 saturated carbocycles. The van der Waals surface area contributed by atoms with Gasteiger partial charge in [0.05, 0.1) is 13.7 Å². The lowest BCUT2D eigenvalue weighted by Crippen LogP contribution is -2.44. The SMILES string of the molecule is COc1ccc(F)cc1S(=O)(=O)N1CCCC(Oc2ccnc(C)n2)C1. The van der Waals surface area contributed by atoms with Crippen molar-refractivity contribution < 1.29 is 22.3 Å². The smallest absolute Gasteiger partial charge is 0.246 e. The van der Waals surface area contributed by atoms with Gasteiger partial charge in [0.1, 0.15) is 28.4 Å². The van der Waals surface area contributed by atoms with E-state index in [2.05, 4.69) is 9.97 Å². The van der Waals surface area contributed by atoms with E-state index in [0.29, 0.717) is 31.1 Å². The molecule has 0 spiro atoms. The van der Waals surface area contributed by atoms with Gasteiger partial charge in [0.2, 0.25) is 15.9 Å². The van der Waals surface area contributed by atoms with E-state index < -0.39 is 15.8 Å². The molecule has 1 fully saturated rings. The number of ether oxygens (including phenoxy) is 2. The molecule has 1 unspecified atom stereocenters. The lowest BCUT2D eigenvalue weighted by molar-refractivity contribution is 0.124. The molecule has 140 valence electrons. The predicted molar refractivity (Wildman–Crippen MR) is 92.1 cm³/mol. The third kappa shape index (κ3) is 3.94. The Labute approximate surface area is 151 Å². The molecule has 1 aromatic carbocycles. The van der Waals surface area contributed by atoms with Crippen LogP contribution in [0.3, 0.4) is 0 Å². The largest absolute Gasteiger partial charge is 0.495 e. The number of hydrogen-bond donors (Lipinski definition) is 0. The molecule has 1 aliphatic rings. The fourth-order valence-corrected chi connectivity index (χ4v) is 4.56. The number of nitrogens with zero attached hydrogens (tertiary/aromatic N) is 3. The second-order valence-electron chi connectivity index (χ2n) is 5.98. The summed E-state index contributed by atoms with van der Waals surface area (Å²) < 4.78 is 51.8. The first-order valence-electron chi connectivity index (χ1n) is 8.20. The van der Waals surface area contributed by atoms with Crippen LogP contribution in [-0.2, 0) is 10.0 Å². The van der Waals surface area contributed by atoms with Crippen molar-refractivity contribution in [2.45, 2.75) is 30.8 Å². The second-order valence-corrected chi connectivity index (χ2v) is 7.89. The van der Waals surface area contributed by atoms with Gasteiger partial charge in [-0.25, -0.2) is 17.8 Å². The number of sulfonamides is 1. The van der Waals surface area contributed by atoms with Crippen molar-refractivity contribution in [3.05, 3.63) is 42.1 Å². The normalized spacial score (nSPS) is 18.5. The monoisotopic (exact) mass is 381 g/mol. The van der Waals surface area contributed by atoms with Gasteiger partial charge < -0.3 is 9.47 Å². The topological polar surface area (TPSA) is 81.6 Å². The number of hydrogen-bond acceptors (Lipinski definition) is 6. The van der Waals surface area contributed by atoms with Gasteiger partial charge in [0.25, 0.3) is 0 Å². The van der Waals surface area contributed by atoms with Crippen LogP contribution in [0.25, 0.3) is 0 Å². The van der Waals surface area contributed by atoms with Crippen LogP contribution in [0, 0.1) is 12.7 Å². The average Bonchev–Trinajstić information content (AvgIpc) is 2.62. The number of methoxy groups -OCH3 is 1. The molecule has 1 atom stereocenters. The molecule has 2 aromatic rings. The molecular formula is C17H20FN3O4S. The Morgan fingerprint density at radius 1 is 1.31 bits per heavy atom. The second kappa shape index (κ2) is 7.55. The summed E-state index contributed by atoms with van der Waals surface area (Å²) in [5, 5.41) is 0. The molecular weight excluding hydrogens is 361 g/mol. The number of piperidine rings is 1. The van der Waals surface area contributed by atoms with Crippen LogP contribution in [0.4, 0.5) is 4.39 Å². The maximum Gasteiger partial charge on any atom is 0.246 e. The van der Waals surface area contributed by atoms with Gasteiger partial charge in [-0.05, 0) is 38.0 Å². The Morgan fingerprint density at radius 2 is 2.12 bits per heavy atom. The predicted octanol–water partition coefficient (Wildman–Crippen LogP) is 2.16. The van der Waals surface area contributed by atoms with Crippen molar-refractivity contribution in [2.75, 3.05) is 20.2 Å². The van der Waals surface area contributed by atoms with Crippen LogP contribution in [0.1, 0.15) is 18.7 Å². The third-order valence-corrected chi connectivity index (χ3v) is 6.01. The van der Waals surface area contributed by atoms with Gasteiger partial charge in [-0.2, -0.15) is 9.29 Å². The van der Waals surface area contributed by atoms with Crippen LogP contribution in [0.2, 0.25) is 0 Å². The van der Waals surface area contributed by atoms with Crippen molar-refractivity contribution in [3.63, 3.8) is 0 Å². The average molecular weight is 381 g/mol. The van der Waals surface area contributed by atoms with E-state index in [4.69, 9.17) is 9.47 Å². The van der Waals surface area contributed by atoms with Gasteiger partial charge in [-0.3, -0.25) is 0 Å². The van der Waals surface area contributed by atoms with E-state index in [1.54, 1.807) is 19.2 Å². The molecule has 0 N–H and O–H groups in total. The van der Waals surface area contributed by atoms with Gasteiger partial charge in [-0.1, -0.05) is 0 Å². The highest BCUT2D eigenvalue weighted by molar-refractivity contribution is 7.89.